The molecule has 1 aromatic heterocycles. The standard InChI is InChI=1S/C37H29BrN2/c38-22-7-1-2-8-23-40-36-31-15-6-4-13-28(31)27-12-3-5-14-30(27)35(36)39-37(40)32-21-19-26-17-16-24-10-9-11-25-18-20-29(32)34(26)33(24)25/h3-6,9-21H,1-2,7-8,22-23H2. The van der Waals surface area contributed by atoms with E-state index in [0.717, 1.165) is 29.6 Å². The van der Waals surface area contributed by atoms with E-state index in [0.29, 0.717) is 0 Å². The number of hydrogen-bond acceptors (Lipinski definition) is 1. The maximum atomic E-state index is 5.51. The molecule has 40 heavy (non-hydrogen) atoms. The van der Waals surface area contributed by atoms with Gasteiger partial charge in [-0.2, -0.15) is 0 Å². The van der Waals surface area contributed by atoms with Gasteiger partial charge in [0.05, 0.1) is 11.0 Å². The zero-order chi connectivity index (χ0) is 26.6. The van der Waals surface area contributed by atoms with E-state index in [1.54, 1.807) is 0 Å². The number of rotatable bonds is 7. The molecule has 0 radical (unpaired) electrons. The molecule has 0 aliphatic carbocycles. The third-order valence-corrected chi connectivity index (χ3v) is 9.22. The van der Waals surface area contributed by atoms with Crippen LogP contribution in [0.4, 0.5) is 0 Å². The van der Waals surface area contributed by atoms with Crippen LogP contribution in [0.3, 0.4) is 0 Å². The molecule has 8 aromatic rings. The van der Waals surface area contributed by atoms with Crippen molar-refractivity contribution in [2.24, 2.45) is 0 Å². The Balaban J connectivity index is 1.46. The molecule has 8 rings (SSSR count). The topological polar surface area (TPSA) is 17.8 Å². The minimum atomic E-state index is 0.957. The van der Waals surface area contributed by atoms with Gasteiger partial charge in [-0.15, -0.1) is 0 Å². The Morgan fingerprint density at radius 1 is 0.525 bits per heavy atom. The van der Waals surface area contributed by atoms with E-state index in [4.69, 9.17) is 4.98 Å². The molecule has 0 saturated carbocycles. The molecule has 0 aliphatic rings. The molecule has 0 spiro atoms. The number of fused-ring (bicyclic) bond motifs is 6. The Labute approximate surface area is 241 Å². The van der Waals surface area contributed by atoms with Gasteiger partial charge in [0.25, 0.3) is 0 Å². The number of alkyl halides is 1. The van der Waals surface area contributed by atoms with Gasteiger partial charge in [0.1, 0.15) is 5.82 Å². The fourth-order valence-electron chi connectivity index (χ4n) is 6.83. The largest absolute Gasteiger partial charge is 0.323 e. The van der Waals surface area contributed by atoms with Crippen molar-refractivity contribution < 1.29 is 0 Å². The summed E-state index contributed by atoms with van der Waals surface area (Å²) in [6, 6.07) is 38.0. The lowest BCUT2D eigenvalue weighted by atomic mass is 9.92. The summed E-state index contributed by atoms with van der Waals surface area (Å²) in [5.41, 5.74) is 3.58. The van der Waals surface area contributed by atoms with Crippen LogP contribution < -0.4 is 0 Å². The highest BCUT2D eigenvalue weighted by atomic mass is 79.9. The Hall–Kier alpha value is -3.95. The predicted octanol–water partition coefficient (Wildman–Crippen LogP) is 10.9. The first kappa shape index (κ1) is 23.9. The van der Waals surface area contributed by atoms with E-state index in [-0.39, 0.29) is 0 Å². The van der Waals surface area contributed by atoms with Gasteiger partial charge in [0, 0.05) is 28.2 Å². The zero-order valence-corrected chi connectivity index (χ0v) is 23.9. The lowest BCUT2D eigenvalue weighted by molar-refractivity contribution is 0.597. The van der Waals surface area contributed by atoms with Crippen LogP contribution in [-0.4, -0.2) is 14.9 Å². The first-order valence-electron chi connectivity index (χ1n) is 14.4. The average molecular weight is 582 g/mol. The van der Waals surface area contributed by atoms with Crippen molar-refractivity contribution in [1.82, 2.24) is 9.55 Å². The van der Waals surface area contributed by atoms with Gasteiger partial charge in [-0.05, 0) is 55.9 Å². The maximum Gasteiger partial charge on any atom is 0.141 e. The molecular weight excluding hydrogens is 552 g/mol. The van der Waals surface area contributed by atoms with E-state index >= 15 is 0 Å². The molecule has 3 heteroatoms. The number of imidazole rings is 1. The number of halogens is 1. The SMILES string of the molecule is BrCCCCCCn1c(-c2ccc3ccc4cccc5ccc2c3c45)nc2c3ccccc3c3ccccc3c21. The molecule has 7 aromatic carbocycles. The Morgan fingerprint density at radius 3 is 1.93 bits per heavy atom. The summed E-state index contributed by atoms with van der Waals surface area (Å²) in [6.45, 7) is 0.957. The van der Waals surface area contributed by atoms with Crippen molar-refractivity contribution in [2.75, 3.05) is 5.33 Å². The molecule has 2 nitrogen and oxygen atoms in total. The molecule has 0 fully saturated rings. The molecule has 1 heterocycles. The van der Waals surface area contributed by atoms with Crippen molar-refractivity contribution in [3.8, 4) is 11.4 Å². The summed E-state index contributed by atoms with van der Waals surface area (Å²) in [5, 5.41) is 14.0. The smallest absolute Gasteiger partial charge is 0.141 e. The van der Waals surface area contributed by atoms with Gasteiger partial charge >= 0.3 is 0 Å². The van der Waals surface area contributed by atoms with Crippen LogP contribution in [0.25, 0.3) is 76.3 Å². The first-order valence-corrected chi connectivity index (χ1v) is 15.5. The highest BCUT2D eigenvalue weighted by Gasteiger charge is 2.21. The number of aryl methyl sites for hydroxylation is 1. The number of hydrogen-bond donors (Lipinski definition) is 0. The van der Waals surface area contributed by atoms with Gasteiger partial charge in [-0.3, -0.25) is 0 Å². The van der Waals surface area contributed by atoms with Crippen LogP contribution >= 0.6 is 15.9 Å². The Morgan fingerprint density at radius 2 is 1.15 bits per heavy atom. The quantitative estimate of drug-likeness (QED) is 0.104. The fraction of sp³-hybridized carbons (Fsp3) is 0.162. The van der Waals surface area contributed by atoms with Crippen LogP contribution in [0.2, 0.25) is 0 Å². The number of benzene rings is 7. The highest BCUT2D eigenvalue weighted by Crippen LogP contribution is 2.42. The Kier molecular flexibility index (Phi) is 5.74. The van der Waals surface area contributed by atoms with E-state index in [1.807, 2.05) is 0 Å². The molecule has 0 atom stereocenters. The highest BCUT2D eigenvalue weighted by molar-refractivity contribution is 9.09. The van der Waals surface area contributed by atoms with Gasteiger partial charge in [0.2, 0.25) is 0 Å². The van der Waals surface area contributed by atoms with E-state index < -0.39 is 0 Å². The van der Waals surface area contributed by atoms with Crippen LogP contribution in [0.15, 0.2) is 103 Å². The van der Waals surface area contributed by atoms with Crippen molar-refractivity contribution in [3.05, 3.63) is 103 Å². The van der Waals surface area contributed by atoms with E-state index in [1.165, 1.54) is 84.2 Å². The molecule has 0 N–H and O–H groups in total. The van der Waals surface area contributed by atoms with Crippen molar-refractivity contribution in [2.45, 2.75) is 32.2 Å². The molecule has 0 saturated heterocycles. The second kappa shape index (κ2) is 9.60. The maximum absolute atomic E-state index is 5.51. The monoisotopic (exact) mass is 580 g/mol. The first-order chi connectivity index (χ1) is 19.8. The van der Waals surface area contributed by atoms with Crippen LogP contribution in [0.1, 0.15) is 25.7 Å². The fourth-order valence-corrected chi connectivity index (χ4v) is 7.23. The number of nitrogens with zero attached hydrogens (tertiary/aromatic N) is 2. The van der Waals surface area contributed by atoms with Crippen molar-refractivity contribution in [1.29, 1.82) is 0 Å². The van der Waals surface area contributed by atoms with Crippen LogP contribution in [-0.2, 0) is 6.54 Å². The van der Waals surface area contributed by atoms with Crippen LogP contribution in [0.5, 0.6) is 0 Å². The summed E-state index contributed by atoms with van der Waals surface area (Å²) in [4.78, 5) is 5.51. The second-order valence-electron chi connectivity index (χ2n) is 10.9. The van der Waals surface area contributed by atoms with Crippen molar-refractivity contribution >= 4 is 80.8 Å². The molecule has 0 bridgehead atoms. The minimum absolute atomic E-state index is 0.957. The van der Waals surface area contributed by atoms with E-state index in [2.05, 4.69) is 124 Å². The van der Waals surface area contributed by atoms with Gasteiger partial charge in [-0.1, -0.05) is 132 Å². The second-order valence-corrected chi connectivity index (χ2v) is 11.7. The Bertz CT molecular complexity index is 2170. The van der Waals surface area contributed by atoms with Crippen molar-refractivity contribution in [3.63, 3.8) is 0 Å². The summed E-state index contributed by atoms with van der Waals surface area (Å²) < 4.78 is 2.53. The third kappa shape index (κ3) is 3.57. The molecular formula is C37H29BrN2. The molecule has 0 unspecified atom stereocenters. The molecule has 194 valence electrons. The summed E-state index contributed by atoms with van der Waals surface area (Å²) in [5.74, 6) is 1.08. The normalized spacial score (nSPS) is 12.2. The van der Waals surface area contributed by atoms with Gasteiger partial charge < -0.3 is 4.57 Å². The lowest BCUT2D eigenvalue weighted by Crippen LogP contribution is -2.02. The predicted molar refractivity (Wildman–Crippen MR) is 176 cm³/mol. The lowest BCUT2D eigenvalue weighted by Gasteiger charge is -2.16. The summed E-state index contributed by atoms with van der Waals surface area (Å²) in [6.07, 6.45) is 4.82. The summed E-state index contributed by atoms with van der Waals surface area (Å²) >= 11 is 3.60. The van der Waals surface area contributed by atoms with Crippen LogP contribution in [0, 0.1) is 0 Å². The average Bonchev–Trinajstić information content (AvgIpc) is 3.39. The molecule has 0 amide bonds. The third-order valence-electron chi connectivity index (χ3n) is 8.66. The van der Waals surface area contributed by atoms with E-state index in [9.17, 15) is 0 Å². The van der Waals surface area contributed by atoms with Gasteiger partial charge in [-0.25, -0.2) is 4.98 Å². The minimum Gasteiger partial charge on any atom is -0.323 e. The zero-order valence-electron chi connectivity index (χ0n) is 22.3. The molecule has 0 aliphatic heterocycles. The summed E-state index contributed by atoms with van der Waals surface area (Å²) in [7, 11) is 0. The number of unbranched alkanes of at least 4 members (excludes halogenated alkanes) is 3. The van der Waals surface area contributed by atoms with Gasteiger partial charge in [0.15, 0.2) is 0 Å². The number of aromatic nitrogens is 2.